The summed E-state index contributed by atoms with van der Waals surface area (Å²) >= 11 is 2.08. The summed E-state index contributed by atoms with van der Waals surface area (Å²) in [5.74, 6) is 2.60. The number of hydrogen-bond donors (Lipinski definition) is 1. The molecule has 0 bridgehead atoms. The smallest absolute Gasteiger partial charge is 0.0155 e. The van der Waals surface area contributed by atoms with Crippen molar-refractivity contribution in [1.29, 1.82) is 0 Å². The molecular weight excluding hydrogens is 178 g/mol. The summed E-state index contributed by atoms with van der Waals surface area (Å²) in [6.07, 6.45) is 6.75. The van der Waals surface area contributed by atoms with Gasteiger partial charge in [0, 0.05) is 11.8 Å². The topological polar surface area (TPSA) is 12.0 Å². The SMILES string of the molecule is CCCCCC(CSCCC)NC. The van der Waals surface area contributed by atoms with Gasteiger partial charge in [0.2, 0.25) is 0 Å². The third-order valence-corrected chi connectivity index (χ3v) is 3.57. The Kier molecular flexibility index (Phi) is 10.6. The van der Waals surface area contributed by atoms with Crippen molar-refractivity contribution in [3.63, 3.8) is 0 Å². The Hall–Kier alpha value is 0.310. The van der Waals surface area contributed by atoms with Gasteiger partial charge >= 0.3 is 0 Å². The highest BCUT2D eigenvalue weighted by Gasteiger charge is 2.04. The van der Waals surface area contributed by atoms with Crippen LogP contribution < -0.4 is 5.32 Å². The van der Waals surface area contributed by atoms with Crippen LogP contribution in [0, 0.1) is 0 Å². The van der Waals surface area contributed by atoms with Crippen molar-refractivity contribution in [2.24, 2.45) is 0 Å². The van der Waals surface area contributed by atoms with E-state index in [1.54, 1.807) is 0 Å². The molecule has 80 valence electrons. The predicted molar refractivity (Wildman–Crippen MR) is 64.6 cm³/mol. The second-order valence-corrected chi connectivity index (χ2v) is 4.71. The van der Waals surface area contributed by atoms with E-state index in [2.05, 4.69) is 38.0 Å². The number of unbranched alkanes of at least 4 members (excludes halogenated alkanes) is 2. The van der Waals surface area contributed by atoms with Gasteiger partial charge in [-0.1, -0.05) is 33.1 Å². The summed E-state index contributed by atoms with van der Waals surface area (Å²) in [6.45, 7) is 4.51. The zero-order valence-corrected chi connectivity index (χ0v) is 10.3. The number of rotatable bonds is 9. The standard InChI is InChI=1S/C11H25NS/c1-4-6-7-8-11(12-3)10-13-9-5-2/h11-12H,4-10H2,1-3H3. The van der Waals surface area contributed by atoms with Crippen LogP contribution in [0.1, 0.15) is 46.0 Å². The molecule has 0 aliphatic heterocycles. The summed E-state index contributed by atoms with van der Waals surface area (Å²) < 4.78 is 0. The van der Waals surface area contributed by atoms with Gasteiger partial charge in [0.05, 0.1) is 0 Å². The van der Waals surface area contributed by atoms with Crippen molar-refractivity contribution in [2.75, 3.05) is 18.6 Å². The van der Waals surface area contributed by atoms with E-state index in [9.17, 15) is 0 Å². The molecule has 0 rings (SSSR count). The van der Waals surface area contributed by atoms with E-state index in [0.717, 1.165) is 6.04 Å². The van der Waals surface area contributed by atoms with E-state index >= 15 is 0 Å². The van der Waals surface area contributed by atoms with Crippen molar-refractivity contribution < 1.29 is 0 Å². The Morgan fingerprint density at radius 3 is 2.46 bits per heavy atom. The molecule has 1 atom stereocenters. The Labute approximate surface area is 88.1 Å². The lowest BCUT2D eigenvalue weighted by atomic mass is 10.1. The predicted octanol–water partition coefficient (Wildman–Crippen LogP) is 3.30. The molecule has 0 aliphatic rings. The zero-order chi connectivity index (χ0) is 9.94. The highest BCUT2D eigenvalue weighted by molar-refractivity contribution is 7.99. The van der Waals surface area contributed by atoms with E-state index in [1.165, 1.54) is 43.6 Å². The molecule has 0 aromatic carbocycles. The fourth-order valence-electron chi connectivity index (χ4n) is 1.32. The van der Waals surface area contributed by atoms with Crippen molar-refractivity contribution in [2.45, 2.75) is 52.0 Å². The molecule has 0 fully saturated rings. The second-order valence-electron chi connectivity index (χ2n) is 3.56. The van der Waals surface area contributed by atoms with Crippen LogP contribution in [-0.4, -0.2) is 24.6 Å². The summed E-state index contributed by atoms with van der Waals surface area (Å²) in [6, 6.07) is 0.739. The average molecular weight is 203 g/mol. The normalized spacial score (nSPS) is 13.2. The Morgan fingerprint density at radius 2 is 1.92 bits per heavy atom. The molecule has 0 heterocycles. The summed E-state index contributed by atoms with van der Waals surface area (Å²) in [4.78, 5) is 0. The van der Waals surface area contributed by atoms with Gasteiger partial charge in [-0.25, -0.2) is 0 Å². The number of nitrogens with one attached hydrogen (secondary N) is 1. The van der Waals surface area contributed by atoms with E-state index < -0.39 is 0 Å². The Morgan fingerprint density at radius 1 is 1.15 bits per heavy atom. The zero-order valence-electron chi connectivity index (χ0n) is 9.44. The van der Waals surface area contributed by atoms with Crippen LogP contribution in [0.15, 0.2) is 0 Å². The molecule has 0 radical (unpaired) electrons. The molecular formula is C11H25NS. The molecule has 0 saturated heterocycles. The van der Waals surface area contributed by atoms with Gasteiger partial charge in [0.25, 0.3) is 0 Å². The van der Waals surface area contributed by atoms with E-state index in [0.29, 0.717) is 0 Å². The molecule has 1 N–H and O–H groups in total. The van der Waals surface area contributed by atoms with E-state index in [4.69, 9.17) is 0 Å². The minimum Gasteiger partial charge on any atom is -0.316 e. The van der Waals surface area contributed by atoms with Crippen LogP contribution in [0.4, 0.5) is 0 Å². The van der Waals surface area contributed by atoms with Gasteiger partial charge in [-0.2, -0.15) is 11.8 Å². The minimum absolute atomic E-state index is 0.739. The lowest BCUT2D eigenvalue weighted by molar-refractivity contribution is 0.531. The molecule has 0 spiro atoms. The van der Waals surface area contributed by atoms with Crippen molar-refractivity contribution in [1.82, 2.24) is 5.32 Å². The molecule has 0 aliphatic carbocycles. The maximum Gasteiger partial charge on any atom is 0.0155 e. The molecule has 0 aromatic rings. The fourth-order valence-corrected chi connectivity index (χ4v) is 2.39. The van der Waals surface area contributed by atoms with Gasteiger partial charge in [-0.15, -0.1) is 0 Å². The highest BCUT2D eigenvalue weighted by Crippen LogP contribution is 2.10. The van der Waals surface area contributed by atoms with Crippen LogP contribution in [0.25, 0.3) is 0 Å². The van der Waals surface area contributed by atoms with Gasteiger partial charge < -0.3 is 5.32 Å². The second kappa shape index (κ2) is 10.4. The van der Waals surface area contributed by atoms with Gasteiger partial charge in [-0.3, -0.25) is 0 Å². The van der Waals surface area contributed by atoms with Crippen molar-refractivity contribution in [3.05, 3.63) is 0 Å². The minimum atomic E-state index is 0.739. The monoisotopic (exact) mass is 203 g/mol. The Balaban J connectivity index is 3.28. The first-order valence-corrected chi connectivity index (χ1v) is 6.75. The van der Waals surface area contributed by atoms with Crippen molar-refractivity contribution >= 4 is 11.8 Å². The molecule has 1 unspecified atom stereocenters. The van der Waals surface area contributed by atoms with Crippen molar-refractivity contribution in [3.8, 4) is 0 Å². The number of hydrogen-bond acceptors (Lipinski definition) is 2. The first kappa shape index (κ1) is 13.3. The molecule has 13 heavy (non-hydrogen) atoms. The van der Waals surface area contributed by atoms with Crippen LogP contribution in [0.2, 0.25) is 0 Å². The van der Waals surface area contributed by atoms with Crippen LogP contribution in [-0.2, 0) is 0 Å². The van der Waals surface area contributed by atoms with Gasteiger partial charge in [-0.05, 0) is 25.6 Å². The first-order valence-electron chi connectivity index (χ1n) is 5.60. The quantitative estimate of drug-likeness (QED) is 0.577. The molecule has 1 nitrogen and oxygen atoms in total. The van der Waals surface area contributed by atoms with Gasteiger partial charge in [0.1, 0.15) is 0 Å². The number of thioether (sulfide) groups is 1. The van der Waals surface area contributed by atoms with E-state index in [1.807, 2.05) is 0 Å². The van der Waals surface area contributed by atoms with Gasteiger partial charge in [0.15, 0.2) is 0 Å². The van der Waals surface area contributed by atoms with Crippen LogP contribution >= 0.6 is 11.8 Å². The summed E-state index contributed by atoms with van der Waals surface area (Å²) in [5.41, 5.74) is 0. The van der Waals surface area contributed by atoms with Crippen LogP contribution in [0.3, 0.4) is 0 Å². The molecule has 0 saturated carbocycles. The fraction of sp³-hybridized carbons (Fsp3) is 1.00. The third kappa shape index (κ3) is 8.63. The molecule has 2 heteroatoms. The van der Waals surface area contributed by atoms with Crippen LogP contribution in [0.5, 0.6) is 0 Å². The highest BCUT2D eigenvalue weighted by atomic mass is 32.2. The maximum atomic E-state index is 3.40. The molecule has 0 aromatic heterocycles. The average Bonchev–Trinajstić information content (AvgIpc) is 2.16. The summed E-state index contributed by atoms with van der Waals surface area (Å²) in [5, 5.41) is 3.40. The molecule has 0 amide bonds. The third-order valence-electron chi connectivity index (χ3n) is 2.23. The lowest BCUT2D eigenvalue weighted by Gasteiger charge is -2.14. The Bertz CT molecular complexity index is 86.1. The first-order chi connectivity index (χ1) is 6.35. The summed E-state index contributed by atoms with van der Waals surface area (Å²) in [7, 11) is 2.09. The maximum absolute atomic E-state index is 3.40. The van der Waals surface area contributed by atoms with E-state index in [-0.39, 0.29) is 0 Å². The largest absolute Gasteiger partial charge is 0.316 e. The lowest BCUT2D eigenvalue weighted by Crippen LogP contribution is -2.27.